The first-order chi connectivity index (χ1) is 9.36. The van der Waals surface area contributed by atoms with Crippen LogP contribution < -0.4 is 10.1 Å². The van der Waals surface area contributed by atoms with Gasteiger partial charge in [-0.15, -0.1) is 0 Å². The van der Waals surface area contributed by atoms with Crippen molar-refractivity contribution in [3.63, 3.8) is 0 Å². The van der Waals surface area contributed by atoms with E-state index in [0.29, 0.717) is 6.61 Å². The molecule has 0 aliphatic carbocycles. The number of aliphatic hydroxyl groups is 1. The van der Waals surface area contributed by atoms with Crippen LogP contribution in [0, 0.1) is 11.3 Å². The van der Waals surface area contributed by atoms with Crippen molar-refractivity contribution in [1.82, 2.24) is 5.32 Å². The van der Waals surface area contributed by atoms with Crippen molar-refractivity contribution in [2.24, 2.45) is 0 Å². The van der Waals surface area contributed by atoms with Crippen LogP contribution in [0.15, 0.2) is 24.3 Å². The van der Waals surface area contributed by atoms with Crippen LogP contribution in [0.4, 0.5) is 0 Å². The maximum absolute atomic E-state index is 8.65. The lowest BCUT2D eigenvalue weighted by Crippen LogP contribution is -2.14. The molecule has 4 heteroatoms. The van der Waals surface area contributed by atoms with Gasteiger partial charge in [0.1, 0.15) is 11.8 Å². The van der Waals surface area contributed by atoms with Gasteiger partial charge in [-0.1, -0.05) is 25.0 Å². The van der Waals surface area contributed by atoms with Crippen molar-refractivity contribution in [3.8, 4) is 11.8 Å². The number of rotatable bonds is 10. The standard InChI is InChI=1S/C15H22N2O2/c16-9-12-19-15-7-5-14(6-8-15)13-17-10-3-1-2-4-11-18/h5-8,17-18H,1-4,10-13H2. The van der Waals surface area contributed by atoms with E-state index in [1.165, 1.54) is 5.56 Å². The topological polar surface area (TPSA) is 65.3 Å². The van der Waals surface area contributed by atoms with E-state index in [0.717, 1.165) is 44.5 Å². The fourth-order valence-corrected chi connectivity index (χ4v) is 1.77. The second-order valence-electron chi connectivity index (χ2n) is 4.41. The smallest absolute Gasteiger partial charge is 0.174 e. The van der Waals surface area contributed by atoms with E-state index in [1.807, 2.05) is 30.3 Å². The van der Waals surface area contributed by atoms with E-state index in [-0.39, 0.29) is 6.61 Å². The largest absolute Gasteiger partial charge is 0.479 e. The third-order valence-corrected chi connectivity index (χ3v) is 2.82. The van der Waals surface area contributed by atoms with Crippen LogP contribution in [0.25, 0.3) is 0 Å². The van der Waals surface area contributed by atoms with E-state index in [2.05, 4.69) is 5.32 Å². The van der Waals surface area contributed by atoms with Crippen LogP contribution in [0.2, 0.25) is 0 Å². The first-order valence-corrected chi connectivity index (χ1v) is 6.77. The molecular formula is C15H22N2O2. The number of hydrogen-bond acceptors (Lipinski definition) is 4. The Kier molecular flexibility index (Phi) is 8.45. The Balaban J connectivity index is 2.11. The predicted molar refractivity (Wildman–Crippen MR) is 74.8 cm³/mol. The summed E-state index contributed by atoms with van der Waals surface area (Å²) in [5.74, 6) is 0.731. The molecule has 104 valence electrons. The lowest BCUT2D eigenvalue weighted by molar-refractivity contribution is 0.282. The second-order valence-corrected chi connectivity index (χ2v) is 4.41. The lowest BCUT2D eigenvalue weighted by atomic mass is 10.2. The Morgan fingerprint density at radius 3 is 2.53 bits per heavy atom. The first-order valence-electron chi connectivity index (χ1n) is 6.77. The molecule has 0 fully saturated rings. The lowest BCUT2D eigenvalue weighted by Gasteiger charge is -2.06. The van der Waals surface area contributed by atoms with Gasteiger partial charge >= 0.3 is 0 Å². The number of nitriles is 1. The van der Waals surface area contributed by atoms with Crippen molar-refractivity contribution in [2.75, 3.05) is 19.8 Å². The number of ether oxygens (including phenoxy) is 1. The third-order valence-electron chi connectivity index (χ3n) is 2.82. The van der Waals surface area contributed by atoms with Crippen molar-refractivity contribution in [3.05, 3.63) is 29.8 Å². The molecule has 0 aliphatic heterocycles. The summed E-state index contributed by atoms with van der Waals surface area (Å²) in [6, 6.07) is 9.72. The van der Waals surface area contributed by atoms with Crippen molar-refractivity contribution in [1.29, 1.82) is 5.26 Å². The molecule has 0 unspecified atom stereocenters. The molecule has 0 aliphatic rings. The minimum absolute atomic E-state index is 0.0887. The SMILES string of the molecule is N#CCOc1ccc(CNCCCCCCO)cc1. The number of nitrogens with zero attached hydrogens (tertiary/aromatic N) is 1. The summed E-state index contributed by atoms with van der Waals surface area (Å²) in [4.78, 5) is 0. The molecule has 1 aromatic carbocycles. The minimum Gasteiger partial charge on any atom is -0.479 e. The van der Waals surface area contributed by atoms with E-state index in [4.69, 9.17) is 15.1 Å². The monoisotopic (exact) mass is 262 g/mol. The molecule has 0 radical (unpaired) electrons. The van der Waals surface area contributed by atoms with Gasteiger partial charge in [0.15, 0.2) is 6.61 Å². The molecule has 1 aromatic rings. The maximum atomic E-state index is 8.65. The molecular weight excluding hydrogens is 240 g/mol. The molecule has 19 heavy (non-hydrogen) atoms. The van der Waals surface area contributed by atoms with Crippen LogP contribution in [-0.2, 0) is 6.54 Å². The normalized spacial score (nSPS) is 10.1. The summed E-state index contributed by atoms with van der Waals surface area (Å²) >= 11 is 0. The Bertz CT molecular complexity index is 371. The van der Waals surface area contributed by atoms with Gasteiger partial charge in [-0.05, 0) is 37.1 Å². The van der Waals surface area contributed by atoms with E-state index < -0.39 is 0 Å². The highest BCUT2D eigenvalue weighted by molar-refractivity contribution is 5.27. The zero-order valence-corrected chi connectivity index (χ0v) is 11.3. The van der Waals surface area contributed by atoms with Crippen LogP contribution in [0.1, 0.15) is 31.2 Å². The Morgan fingerprint density at radius 1 is 1.11 bits per heavy atom. The maximum Gasteiger partial charge on any atom is 0.174 e. The molecule has 1 rings (SSSR count). The fraction of sp³-hybridized carbons (Fsp3) is 0.533. The van der Waals surface area contributed by atoms with Gasteiger partial charge in [-0.2, -0.15) is 5.26 Å². The van der Waals surface area contributed by atoms with E-state index in [1.54, 1.807) is 0 Å². The summed E-state index contributed by atoms with van der Waals surface area (Å²) in [6.07, 6.45) is 4.31. The zero-order chi connectivity index (χ0) is 13.8. The van der Waals surface area contributed by atoms with Crippen molar-refractivity contribution >= 4 is 0 Å². The van der Waals surface area contributed by atoms with Crippen LogP contribution in [0.5, 0.6) is 5.75 Å². The van der Waals surface area contributed by atoms with Crippen LogP contribution >= 0.6 is 0 Å². The van der Waals surface area contributed by atoms with Gasteiger partial charge in [0, 0.05) is 13.2 Å². The van der Waals surface area contributed by atoms with Gasteiger partial charge in [0.25, 0.3) is 0 Å². The second kappa shape index (κ2) is 10.4. The predicted octanol–water partition coefficient (Wildman–Crippen LogP) is 2.23. The minimum atomic E-state index is 0.0887. The van der Waals surface area contributed by atoms with Gasteiger partial charge in [0.05, 0.1) is 0 Å². The number of hydrogen-bond donors (Lipinski definition) is 2. The summed E-state index contributed by atoms with van der Waals surface area (Å²) in [6.45, 7) is 2.23. The molecule has 4 nitrogen and oxygen atoms in total. The summed E-state index contributed by atoms with van der Waals surface area (Å²) in [5.41, 5.74) is 1.21. The molecule has 0 spiro atoms. The molecule has 0 atom stereocenters. The Labute approximate surface area is 115 Å². The fourth-order valence-electron chi connectivity index (χ4n) is 1.77. The van der Waals surface area contributed by atoms with Gasteiger partial charge < -0.3 is 15.2 Å². The quantitative estimate of drug-likeness (QED) is 0.635. The van der Waals surface area contributed by atoms with E-state index >= 15 is 0 Å². The third kappa shape index (κ3) is 7.45. The average Bonchev–Trinajstić information content (AvgIpc) is 2.45. The van der Waals surface area contributed by atoms with Crippen molar-refractivity contribution in [2.45, 2.75) is 32.2 Å². The molecule has 0 amide bonds. The molecule has 2 N–H and O–H groups in total. The first kappa shape index (κ1) is 15.5. The molecule has 0 saturated heterocycles. The van der Waals surface area contributed by atoms with Gasteiger partial charge in [-0.25, -0.2) is 0 Å². The average molecular weight is 262 g/mol. The Hall–Kier alpha value is -1.57. The molecule has 0 heterocycles. The number of benzene rings is 1. The van der Waals surface area contributed by atoms with Gasteiger partial charge in [-0.3, -0.25) is 0 Å². The number of unbranched alkanes of at least 4 members (excludes halogenated alkanes) is 3. The summed E-state index contributed by atoms with van der Waals surface area (Å²) < 4.78 is 5.19. The number of nitrogens with one attached hydrogen (secondary N) is 1. The molecule has 0 saturated carbocycles. The number of aliphatic hydroxyl groups excluding tert-OH is 1. The Morgan fingerprint density at radius 2 is 1.84 bits per heavy atom. The zero-order valence-electron chi connectivity index (χ0n) is 11.3. The van der Waals surface area contributed by atoms with Crippen molar-refractivity contribution < 1.29 is 9.84 Å². The van der Waals surface area contributed by atoms with Crippen LogP contribution in [0.3, 0.4) is 0 Å². The molecule has 0 aromatic heterocycles. The highest BCUT2D eigenvalue weighted by Crippen LogP contribution is 2.11. The summed E-state index contributed by atoms with van der Waals surface area (Å²) in [7, 11) is 0. The van der Waals surface area contributed by atoms with Gasteiger partial charge in [0.2, 0.25) is 0 Å². The summed E-state index contributed by atoms with van der Waals surface area (Å²) in [5, 5.41) is 20.4. The highest BCUT2D eigenvalue weighted by Gasteiger charge is 1.95. The van der Waals surface area contributed by atoms with Crippen LogP contribution in [-0.4, -0.2) is 24.9 Å². The molecule has 0 bridgehead atoms. The van der Waals surface area contributed by atoms with E-state index in [9.17, 15) is 0 Å². The highest BCUT2D eigenvalue weighted by atomic mass is 16.5.